The first kappa shape index (κ1) is 32.9. The van der Waals surface area contributed by atoms with E-state index in [0.717, 1.165) is 19.3 Å². The first-order valence-electron chi connectivity index (χ1n) is 13.2. The van der Waals surface area contributed by atoms with Gasteiger partial charge in [-0.25, -0.2) is 0 Å². The molecule has 0 saturated carbocycles. The van der Waals surface area contributed by atoms with Crippen LogP contribution >= 0.6 is 0 Å². The molecule has 0 spiro atoms. The van der Waals surface area contributed by atoms with Gasteiger partial charge in [0.2, 0.25) is 0 Å². The van der Waals surface area contributed by atoms with Crippen LogP contribution in [0.3, 0.4) is 0 Å². The minimum Gasteiger partial charge on any atom is -0.394 e. The van der Waals surface area contributed by atoms with Gasteiger partial charge in [-0.2, -0.15) is 0 Å². The highest BCUT2D eigenvalue weighted by Crippen LogP contribution is 2.34. The highest BCUT2D eigenvalue weighted by atomic mass is 16.8. The Morgan fingerprint density at radius 1 is 0.513 bits per heavy atom. The van der Waals surface area contributed by atoms with Gasteiger partial charge in [-0.1, -0.05) is 12.8 Å². The van der Waals surface area contributed by atoms with Gasteiger partial charge in [-0.3, -0.25) is 0 Å². The average molecular weight is 574 g/mol. The van der Waals surface area contributed by atoms with Crippen LogP contribution in [0.4, 0.5) is 0 Å². The molecule has 0 aromatic carbocycles. The predicted octanol–water partition coefficient (Wildman–Crippen LogP) is -5.39. The number of nitrogens with two attached hydrogens (primary N) is 1. The number of unbranched alkanes of at least 4 members (excludes halogenated alkanes) is 3. The Balaban J connectivity index is 1.79. The van der Waals surface area contributed by atoms with Gasteiger partial charge in [-0.05, 0) is 19.4 Å². The molecule has 0 bridgehead atoms. The zero-order valence-electron chi connectivity index (χ0n) is 21.5. The smallest absolute Gasteiger partial charge is 0.187 e. The molecule has 3 heterocycles. The van der Waals surface area contributed by atoms with Gasteiger partial charge in [0.15, 0.2) is 18.9 Å². The molecule has 16 nitrogen and oxygen atoms in total. The second kappa shape index (κ2) is 15.5. The number of aliphatic hydroxyl groups excluding tert-OH is 9. The molecular formula is C23H43NO15. The number of hydrogen-bond donors (Lipinski definition) is 10. The summed E-state index contributed by atoms with van der Waals surface area (Å²) >= 11 is 0. The van der Waals surface area contributed by atoms with E-state index in [9.17, 15) is 46.0 Å². The van der Waals surface area contributed by atoms with Crippen LogP contribution in [0.5, 0.6) is 0 Å². The van der Waals surface area contributed by atoms with Crippen LogP contribution in [0.1, 0.15) is 25.7 Å². The van der Waals surface area contributed by atoms with Crippen molar-refractivity contribution in [1.82, 2.24) is 0 Å². The summed E-state index contributed by atoms with van der Waals surface area (Å²) in [5, 5.41) is 90.4. The van der Waals surface area contributed by atoms with E-state index in [1.165, 1.54) is 0 Å². The summed E-state index contributed by atoms with van der Waals surface area (Å²) in [6.07, 6.45) is -17.7. The van der Waals surface area contributed by atoms with Crippen LogP contribution < -0.4 is 5.73 Å². The third-order valence-electron chi connectivity index (χ3n) is 7.11. The lowest BCUT2D eigenvalue weighted by Crippen LogP contribution is -2.62. The van der Waals surface area contributed by atoms with Crippen molar-refractivity contribution in [1.29, 1.82) is 0 Å². The zero-order valence-corrected chi connectivity index (χ0v) is 21.5. The minimum atomic E-state index is -1.77. The molecule has 3 aliphatic heterocycles. The van der Waals surface area contributed by atoms with Crippen molar-refractivity contribution in [3.63, 3.8) is 0 Å². The Bertz CT molecular complexity index is 704. The minimum absolute atomic E-state index is 0.203. The molecule has 16 heteroatoms. The van der Waals surface area contributed by atoms with Crippen LogP contribution in [-0.4, -0.2) is 165 Å². The van der Waals surface area contributed by atoms with Gasteiger partial charge in [0, 0.05) is 6.61 Å². The fraction of sp³-hybridized carbons (Fsp3) is 1.00. The van der Waals surface area contributed by atoms with Crippen LogP contribution in [-0.2, 0) is 28.4 Å². The number of aliphatic hydroxyl groups is 9. The highest BCUT2D eigenvalue weighted by molar-refractivity contribution is 4.96. The largest absolute Gasteiger partial charge is 0.394 e. The third-order valence-corrected chi connectivity index (χ3v) is 7.11. The van der Waals surface area contributed by atoms with Gasteiger partial charge >= 0.3 is 0 Å². The molecule has 14 atom stereocenters. The second-order valence-electron chi connectivity index (χ2n) is 9.90. The van der Waals surface area contributed by atoms with Crippen molar-refractivity contribution in [3.8, 4) is 0 Å². The summed E-state index contributed by atoms with van der Waals surface area (Å²) in [4.78, 5) is 0. The van der Waals surface area contributed by atoms with Crippen LogP contribution in [0.25, 0.3) is 0 Å². The first-order chi connectivity index (χ1) is 18.7. The lowest BCUT2D eigenvalue weighted by atomic mass is 9.98. The molecule has 3 fully saturated rings. The average Bonchev–Trinajstić information content (AvgIpc) is 3.26. The van der Waals surface area contributed by atoms with E-state index in [4.69, 9.17) is 34.2 Å². The monoisotopic (exact) mass is 573 g/mol. The fourth-order valence-electron chi connectivity index (χ4n) is 4.75. The van der Waals surface area contributed by atoms with Crippen molar-refractivity contribution in [2.75, 3.05) is 33.0 Å². The summed E-state index contributed by atoms with van der Waals surface area (Å²) in [6, 6.07) is 0. The molecule has 0 aromatic heterocycles. The van der Waals surface area contributed by atoms with E-state index in [2.05, 4.69) is 0 Å². The molecule has 0 aromatic rings. The summed E-state index contributed by atoms with van der Waals surface area (Å²) in [5.74, 6) is 0. The van der Waals surface area contributed by atoms with Crippen molar-refractivity contribution in [2.24, 2.45) is 5.73 Å². The maximum atomic E-state index is 10.5. The summed E-state index contributed by atoms with van der Waals surface area (Å²) < 4.78 is 34.2. The number of rotatable bonds is 14. The first-order valence-corrected chi connectivity index (χ1v) is 13.2. The van der Waals surface area contributed by atoms with E-state index in [0.29, 0.717) is 13.0 Å². The molecule has 3 saturated heterocycles. The van der Waals surface area contributed by atoms with Gasteiger partial charge in [0.05, 0.1) is 19.8 Å². The quantitative estimate of drug-likeness (QED) is 0.0869. The number of hydrogen-bond acceptors (Lipinski definition) is 16. The van der Waals surface area contributed by atoms with Crippen molar-refractivity contribution >= 4 is 0 Å². The van der Waals surface area contributed by atoms with E-state index >= 15 is 0 Å². The molecule has 3 aliphatic rings. The maximum Gasteiger partial charge on any atom is 0.187 e. The SMILES string of the molecule is NCCCCCCOC1O[C@H](CO)[C@@H](O[C@H]2O[C@H](CO)[C@@H](O)[C@H](O)[C@@H]2O)[C@@H]1O[C@H]1O[C@H](CO)[C@@H](O)[C@H](O)[C@@H]1O. The predicted molar refractivity (Wildman–Crippen MR) is 127 cm³/mol. The van der Waals surface area contributed by atoms with Gasteiger partial charge in [-0.15, -0.1) is 0 Å². The third kappa shape index (κ3) is 7.81. The van der Waals surface area contributed by atoms with Crippen LogP contribution in [0, 0.1) is 0 Å². The van der Waals surface area contributed by atoms with E-state index in [1.54, 1.807) is 0 Å². The summed E-state index contributed by atoms with van der Waals surface area (Å²) in [6.45, 7) is -1.24. The van der Waals surface area contributed by atoms with Gasteiger partial charge in [0.25, 0.3) is 0 Å². The Morgan fingerprint density at radius 2 is 0.974 bits per heavy atom. The normalized spacial score (nSPS) is 45.1. The lowest BCUT2D eigenvalue weighted by Gasteiger charge is -2.43. The Kier molecular flexibility index (Phi) is 13.1. The fourth-order valence-corrected chi connectivity index (χ4v) is 4.75. The van der Waals surface area contributed by atoms with Gasteiger partial charge in [0.1, 0.15) is 67.1 Å². The van der Waals surface area contributed by atoms with Crippen molar-refractivity contribution < 1.29 is 74.4 Å². The highest BCUT2D eigenvalue weighted by Gasteiger charge is 2.54. The Morgan fingerprint density at radius 3 is 1.46 bits per heavy atom. The maximum absolute atomic E-state index is 10.5. The summed E-state index contributed by atoms with van der Waals surface area (Å²) in [5.41, 5.74) is 5.51. The van der Waals surface area contributed by atoms with E-state index in [1.807, 2.05) is 0 Å². The van der Waals surface area contributed by atoms with Crippen LogP contribution in [0.2, 0.25) is 0 Å². The Labute approximate surface area is 225 Å². The topological polar surface area (TPSA) is 263 Å². The Hall–Kier alpha value is -0.640. The standard InChI is InChI=1S/C23H43NO15/c24-5-3-1-2-4-6-34-23-20(39-22-18(33)16(31)14(29)11(8-26)36-22)19(12(9-27)37-23)38-21-17(32)15(30)13(28)10(7-25)35-21/h10-23,25-33H,1-9,24H2/t10-,11-,12-,13-,14-,15+,16+,17+,18+,19-,20+,21-,22-,23?/m1/s1. The molecule has 3 rings (SSSR count). The molecule has 0 aliphatic carbocycles. The molecule has 230 valence electrons. The lowest BCUT2D eigenvalue weighted by molar-refractivity contribution is -0.343. The van der Waals surface area contributed by atoms with E-state index in [-0.39, 0.29) is 6.61 Å². The molecular weight excluding hydrogens is 530 g/mol. The second-order valence-corrected chi connectivity index (χ2v) is 9.90. The number of ether oxygens (including phenoxy) is 6. The summed E-state index contributed by atoms with van der Waals surface area (Å²) in [7, 11) is 0. The molecule has 11 N–H and O–H groups in total. The molecule has 39 heavy (non-hydrogen) atoms. The van der Waals surface area contributed by atoms with Crippen molar-refractivity contribution in [2.45, 2.75) is 112 Å². The zero-order chi connectivity index (χ0) is 28.7. The van der Waals surface area contributed by atoms with Crippen LogP contribution in [0.15, 0.2) is 0 Å². The van der Waals surface area contributed by atoms with Gasteiger partial charge < -0.3 is 80.1 Å². The molecule has 0 amide bonds. The molecule has 1 unspecified atom stereocenters. The van der Waals surface area contributed by atoms with E-state index < -0.39 is 106 Å². The van der Waals surface area contributed by atoms with Crippen molar-refractivity contribution in [3.05, 3.63) is 0 Å². The molecule has 0 radical (unpaired) electrons.